The maximum atomic E-state index is 13.6. The number of unbranched alkanes of at least 4 members (excludes halogenated alkanes) is 1. The molecule has 4 N–H and O–H groups in total. The molecule has 0 saturated carbocycles. The van der Waals surface area contributed by atoms with Gasteiger partial charge in [0.2, 0.25) is 17.7 Å². The zero-order valence-electron chi connectivity index (χ0n) is 39.7. The Hall–Kier alpha value is -7.50. The fraction of sp³-hybridized carbons (Fsp3) is 0.333. The van der Waals surface area contributed by atoms with Crippen molar-refractivity contribution in [3.63, 3.8) is 0 Å². The molecule has 71 heavy (non-hydrogen) atoms. The molecule has 0 aliphatic carbocycles. The predicted molar refractivity (Wildman–Crippen MR) is 273 cm³/mol. The minimum Gasteiger partial charge on any atom is -0.493 e. The Labute approximate surface area is 414 Å². The van der Waals surface area contributed by atoms with E-state index < -0.39 is 11.9 Å². The third-order valence-electron chi connectivity index (χ3n) is 14.0. The Morgan fingerprint density at radius 2 is 1.73 bits per heavy atom. The molecule has 17 heteroatoms. The van der Waals surface area contributed by atoms with Crippen molar-refractivity contribution in [3.8, 4) is 16.9 Å². The number of carbonyl (C=O) groups is 5. The second kappa shape index (κ2) is 20.5. The Morgan fingerprint density at radius 1 is 0.887 bits per heavy atom. The zero-order valence-corrected chi connectivity index (χ0v) is 40.5. The number of likely N-dealkylation sites (tertiary alicyclic amines) is 1. The molecule has 364 valence electrons. The topological polar surface area (TPSA) is 201 Å². The number of benzene rings is 4. The quantitative estimate of drug-likeness (QED) is 0.0565. The molecule has 1 unspecified atom stereocenters. The van der Waals surface area contributed by atoms with Crippen LogP contribution in [-0.2, 0) is 34.4 Å². The zero-order chi connectivity index (χ0) is 49.2. The lowest BCUT2D eigenvalue weighted by atomic mass is 9.92. The van der Waals surface area contributed by atoms with Gasteiger partial charge in [0.05, 0.1) is 46.2 Å². The van der Waals surface area contributed by atoms with Gasteiger partial charge in [-0.3, -0.25) is 39.4 Å². The van der Waals surface area contributed by atoms with Crippen LogP contribution in [0.1, 0.15) is 94.1 Å². The van der Waals surface area contributed by atoms with E-state index in [1.165, 1.54) is 11.3 Å². The number of para-hydroxylation sites is 2. The molecule has 16 nitrogen and oxygen atoms in total. The Bertz CT molecular complexity index is 3190. The van der Waals surface area contributed by atoms with Crippen LogP contribution in [-0.4, -0.2) is 92.1 Å². The van der Waals surface area contributed by atoms with Crippen molar-refractivity contribution in [2.75, 3.05) is 48.3 Å². The van der Waals surface area contributed by atoms with Gasteiger partial charge in [-0.25, -0.2) is 14.8 Å². The summed E-state index contributed by atoms with van der Waals surface area (Å²) in [5.74, 6) is -0.960. The number of nitrogens with zero attached hydrogens (tertiary/aromatic N) is 6. The monoisotopic (exact) mass is 973 g/mol. The van der Waals surface area contributed by atoms with Gasteiger partial charge in [-0.15, -0.1) is 0 Å². The number of anilines is 3. The van der Waals surface area contributed by atoms with Gasteiger partial charge >= 0.3 is 5.97 Å². The highest BCUT2D eigenvalue weighted by atomic mass is 32.1. The first-order chi connectivity index (χ1) is 34.5. The van der Waals surface area contributed by atoms with Crippen LogP contribution >= 0.6 is 11.3 Å². The van der Waals surface area contributed by atoms with Crippen molar-refractivity contribution < 1.29 is 33.8 Å². The summed E-state index contributed by atoms with van der Waals surface area (Å²) in [4.78, 5) is 77.8. The number of fused-ring (bicyclic) bond motifs is 3. The van der Waals surface area contributed by atoms with Crippen LogP contribution in [0.5, 0.6) is 5.75 Å². The molecule has 3 aromatic heterocycles. The van der Waals surface area contributed by atoms with Crippen LogP contribution in [0.2, 0.25) is 0 Å². The van der Waals surface area contributed by atoms with Gasteiger partial charge in [-0.2, -0.15) is 5.10 Å². The van der Waals surface area contributed by atoms with Gasteiger partial charge in [0.25, 0.3) is 5.91 Å². The molecule has 0 bridgehead atoms. The van der Waals surface area contributed by atoms with Gasteiger partial charge < -0.3 is 20.1 Å². The number of imide groups is 1. The Morgan fingerprint density at radius 3 is 2.58 bits per heavy atom. The lowest BCUT2D eigenvalue weighted by Crippen LogP contribution is -2.40. The minimum absolute atomic E-state index is 0.0548. The lowest BCUT2D eigenvalue weighted by molar-refractivity contribution is -0.134. The number of carboxylic acid groups (broad SMARTS) is 1. The van der Waals surface area contributed by atoms with Gasteiger partial charge in [0.1, 0.15) is 11.6 Å². The van der Waals surface area contributed by atoms with Crippen molar-refractivity contribution in [2.45, 2.75) is 70.8 Å². The number of hydrogen-bond donors (Lipinski definition) is 4. The van der Waals surface area contributed by atoms with Gasteiger partial charge in [-0.05, 0) is 129 Å². The van der Waals surface area contributed by atoms with Crippen molar-refractivity contribution in [2.24, 2.45) is 13.0 Å². The molecule has 3 aliphatic heterocycles. The fourth-order valence-corrected chi connectivity index (χ4v) is 11.3. The van der Waals surface area contributed by atoms with E-state index >= 15 is 0 Å². The van der Waals surface area contributed by atoms with E-state index in [0.29, 0.717) is 77.7 Å². The number of ether oxygens (including phenoxy) is 1. The maximum absolute atomic E-state index is 13.6. The van der Waals surface area contributed by atoms with E-state index in [1.54, 1.807) is 11.7 Å². The number of pyridine rings is 1. The first-order valence-electron chi connectivity index (χ1n) is 24.3. The molecular formula is C54H55N9O7S. The number of aromatic carboxylic acids is 1. The van der Waals surface area contributed by atoms with Crippen LogP contribution in [0.4, 0.5) is 16.6 Å². The number of carbonyl (C=O) groups excluding carboxylic acids is 4. The van der Waals surface area contributed by atoms with Crippen LogP contribution < -0.4 is 25.6 Å². The van der Waals surface area contributed by atoms with E-state index in [9.17, 15) is 29.1 Å². The van der Waals surface area contributed by atoms with Crippen molar-refractivity contribution in [3.05, 3.63) is 125 Å². The molecular weight excluding hydrogens is 919 g/mol. The summed E-state index contributed by atoms with van der Waals surface area (Å²) in [6, 6.07) is 28.4. The van der Waals surface area contributed by atoms with E-state index in [2.05, 4.69) is 30.9 Å². The predicted octanol–water partition coefficient (Wildman–Crippen LogP) is 8.49. The molecule has 4 amide bonds. The fourth-order valence-electron chi connectivity index (χ4n) is 10.5. The highest BCUT2D eigenvalue weighted by Crippen LogP contribution is 2.36. The third-order valence-corrected chi connectivity index (χ3v) is 14.9. The number of aromatic nitrogens is 4. The first-order valence-corrected chi connectivity index (χ1v) is 25.1. The Balaban J connectivity index is 0.723. The summed E-state index contributed by atoms with van der Waals surface area (Å²) in [6.45, 7) is 5.41. The first kappa shape index (κ1) is 47.2. The average molecular weight is 974 g/mol. The summed E-state index contributed by atoms with van der Waals surface area (Å²) in [5.41, 5.74) is 7.31. The maximum Gasteiger partial charge on any atom is 0.355 e. The summed E-state index contributed by atoms with van der Waals surface area (Å²) in [6.07, 6.45) is 6.27. The molecule has 2 atom stereocenters. The van der Waals surface area contributed by atoms with Crippen LogP contribution in [0.3, 0.4) is 0 Å². The van der Waals surface area contributed by atoms with E-state index in [-0.39, 0.29) is 42.3 Å². The summed E-state index contributed by atoms with van der Waals surface area (Å²) >= 11 is 1.43. The number of piperidine rings is 2. The number of hydrogen-bond acceptors (Lipinski definition) is 12. The molecule has 10 rings (SSSR count). The SMILES string of the molecule is Cc1c(OCCCC[C@@H]2CCCN(CC(=O)Nc3cccc4c(C5CCC(=O)NC5=O)nn(C)c34)C2)cccc1-c1ccc(N2CCc3cccc(C(=O)Nc4nc5ccccc5s4)c3C2)nc1C(=O)O. The van der Waals surface area contributed by atoms with Crippen LogP contribution in [0, 0.1) is 12.8 Å². The molecule has 7 aromatic rings. The second-order valence-corrected chi connectivity index (χ2v) is 19.7. The number of nitrogens with one attached hydrogen (secondary N) is 3. The van der Waals surface area contributed by atoms with E-state index in [4.69, 9.17) is 9.72 Å². The molecule has 6 heterocycles. The molecule has 3 aliphatic rings. The normalized spacial score (nSPS) is 17.2. The highest BCUT2D eigenvalue weighted by Gasteiger charge is 2.33. The van der Waals surface area contributed by atoms with Crippen molar-refractivity contribution >= 4 is 78.7 Å². The van der Waals surface area contributed by atoms with Crippen LogP contribution in [0.25, 0.3) is 32.2 Å². The summed E-state index contributed by atoms with van der Waals surface area (Å²) in [5, 5.41) is 25.0. The van der Waals surface area contributed by atoms with Gasteiger partial charge in [0.15, 0.2) is 10.8 Å². The average Bonchev–Trinajstić information content (AvgIpc) is 3.94. The highest BCUT2D eigenvalue weighted by molar-refractivity contribution is 7.22. The van der Waals surface area contributed by atoms with E-state index in [1.807, 2.05) is 103 Å². The number of rotatable bonds is 15. The number of thiazole rings is 1. The lowest BCUT2D eigenvalue weighted by Gasteiger charge is -2.32. The number of amides is 4. The van der Waals surface area contributed by atoms with Gasteiger partial charge in [-0.1, -0.05) is 59.9 Å². The summed E-state index contributed by atoms with van der Waals surface area (Å²) < 4.78 is 9.01. The van der Waals surface area contributed by atoms with Crippen LogP contribution in [0.15, 0.2) is 91.0 Å². The van der Waals surface area contributed by atoms with Crippen molar-refractivity contribution in [1.29, 1.82) is 0 Å². The molecule has 4 aromatic carbocycles. The standard InChI is InChI=1S/C54H55N9O7S/c1-32-35(36-21-23-45(57-49(36)53(68)69)63-27-25-34-13-7-15-37(40(34)30-63)51(66)59-54-56-41-17-3-4-20-44(41)71-54)14-9-19-43(32)70-28-6-5-11-33-12-10-26-62(29-33)31-47(65)55-42-18-8-16-38-48(60-61(2)50(38)42)39-22-24-46(64)58-52(39)67/h3-4,7-9,13-21,23,33,39H,5-6,10-12,22,24-31H2,1-2H3,(H,55,65)(H,68,69)(H,56,59,66)(H,58,64,67)/t33-,39?/m1/s1. The molecule has 0 radical (unpaired) electrons. The minimum atomic E-state index is -1.13. The molecule has 2 saturated heterocycles. The third kappa shape index (κ3) is 10.1. The number of aryl methyl sites for hydroxylation is 1. The number of carboxylic acids is 1. The van der Waals surface area contributed by atoms with Gasteiger partial charge in [0, 0.05) is 49.6 Å². The van der Waals surface area contributed by atoms with E-state index in [0.717, 1.165) is 88.6 Å². The Kier molecular flexibility index (Phi) is 13.6. The summed E-state index contributed by atoms with van der Waals surface area (Å²) in [7, 11) is 1.80. The smallest absolute Gasteiger partial charge is 0.355 e. The second-order valence-electron chi connectivity index (χ2n) is 18.7. The molecule has 2 fully saturated rings. The largest absolute Gasteiger partial charge is 0.493 e. The molecule has 0 spiro atoms. The van der Waals surface area contributed by atoms with Crippen molar-refractivity contribution in [1.82, 2.24) is 30.0 Å².